The molecule has 13 heavy (non-hydrogen) atoms. The molecule has 2 aliphatic rings. The molecule has 0 radical (unpaired) electrons. The number of ether oxygens (including phenoxy) is 1. The number of esters is 1. The van der Waals surface area contributed by atoms with Gasteiger partial charge in [0.2, 0.25) is 0 Å². The summed E-state index contributed by atoms with van der Waals surface area (Å²) in [5.41, 5.74) is 10.8. The van der Waals surface area contributed by atoms with Crippen LogP contribution in [0.25, 0.3) is 0 Å². The minimum absolute atomic E-state index is 0.0458. The summed E-state index contributed by atoms with van der Waals surface area (Å²) in [5, 5.41) is 0. The predicted octanol–water partition coefficient (Wildman–Crippen LogP) is -0.384. The van der Waals surface area contributed by atoms with Crippen LogP contribution in [0.5, 0.6) is 0 Å². The van der Waals surface area contributed by atoms with Gasteiger partial charge >= 0.3 is 5.97 Å². The highest BCUT2D eigenvalue weighted by atomic mass is 16.5. The van der Waals surface area contributed by atoms with E-state index in [1.54, 1.807) is 0 Å². The third kappa shape index (κ3) is 0.957. The Morgan fingerprint density at radius 3 is 2.69 bits per heavy atom. The van der Waals surface area contributed by atoms with Crippen LogP contribution in [0.1, 0.15) is 19.3 Å². The van der Waals surface area contributed by atoms with Gasteiger partial charge in [-0.2, -0.15) is 0 Å². The van der Waals surface area contributed by atoms with Gasteiger partial charge in [-0.05, 0) is 31.7 Å². The van der Waals surface area contributed by atoms with Crippen molar-refractivity contribution in [2.45, 2.75) is 24.8 Å². The van der Waals surface area contributed by atoms with Gasteiger partial charge in [0.25, 0.3) is 0 Å². The zero-order valence-electron chi connectivity index (χ0n) is 7.88. The van der Waals surface area contributed by atoms with Crippen LogP contribution in [-0.4, -0.2) is 25.2 Å². The second-order valence-corrected chi connectivity index (χ2v) is 4.43. The van der Waals surface area contributed by atoms with Crippen molar-refractivity contribution >= 4 is 5.97 Å². The van der Waals surface area contributed by atoms with E-state index >= 15 is 0 Å². The third-order valence-electron chi connectivity index (χ3n) is 3.68. The zero-order chi connectivity index (χ0) is 9.69. The monoisotopic (exact) mass is 184 g/mol. The molecule has 1 unspecified atom stereocenters. The third-order valence-corrected chi connectivity index (χ3v) is 3.68. The van der Waals surface area contributed by atoms with E-state index in [0.29, 0.717) is 12.5 Å². The van der Waals surface area contributed by atoms with Crippen LogP contribution in [0.2, 0.25) is 0 Å². The second kappa shape index (κ2) is 2.45. The average Bonchev–Trinajstić information content (AvgIpc) is 2.69. The lowest BCUT2D eigenvalue weighted by atomic mass is 9.69. The molecule has 0 saturated heterocycles. The second-order valence-electron chi connectivity index (χ2n) is 4.43. The van der Waals surface area contributed by atoms with Gasteiger partial charge < -0.3 is 16.2 Å². The van der Waals surface area contributed by atoms with Gasteiger partial charge in [-0.1, -0.05) is 0 Å². The molecule has 74 valence electrons. The Bertz CT molecular complexity index is 248. The first-order valence-electron chi connectivity index (χ1n) is 4.65. The topological polar surface area (TPSA) is 78.3 Å². The Balaban J connectivity index is 1.98. The number of carbonyl (C=O) groups excluding carboxylic acids is 1. The Kier molecular flexibility index (Phi) is 1.69. The van der Waals surface area contributed by atoms with E-state index < -0.39 is 5.54 Å². The fourth-order valence-corrected chi connectivity index (χ4v) is 2.68. The molecule has 2 rings (SSSR count). The Morgan fingerprint density at radius 1 is 1.62 bits per heavy atom. The van der Waals surface area contributed by atoms with Crippen molar-refractivity contribution < 1.29 is 9.53 Å². The van der Waals surface area contributed by atoms with Gasteiger partial charge in [-0.25, -0.2) is 0 Å². The zero-order valence-corrected chi connectivity index (χ0v) is 7.88. The van der Waals surface area contributed by atoms with Crippen molar-refractivity contribution in [2.75, 3.05) is 13.7 Å². The number of rotatable bonds is 2. The van der Waals surface area contributed by atoms with E-state index in [9.17, 15) is 4.79 Å². The molecule has 1 spiro atoms. The summed E-state index contributed by atoms with van der Waals surface area (Å²) < 4.78 is 4.68. The largest absolute Gasteiger partial charge is 0.468 e. The maximum Gasteiger partial charge on any atom is 0.326 e. The SMILES string of the molecule is COC(=O)C1(N)CC12CC(CN)C2. The lowest BCUT2D eigenvalue weighted by Gasteiger charge is -2.37. The van der Waals surface area contributed by atoms with Crippen molar-refractivity contribution in [3.63, 3.8) is 0 Å². The normalized spacial score (nSPS) is 47.2. The highest BCUT2D eigenvalue weighted by Crippen LogP contribution is 2.68. The average molecular weight is 184 g/mol. The van der Waals surface area contributed by atoms with Crippen LogP contribution in [-0.2, 0) is 9.53 Å². The maximum atomic E-state index is 11.3. The molecule has 0 bridgehead atoms. The quantitative estimate of drug-likeness (QED) is 0.573. The minimum Gasteiger partial charge on any atom is -0.468 e. The summed E-state index contributed by atoms with van der Waals surface area (Å²) in [6, 6.07) is 0. The Labute approximate surface area is 77.6 Å². The van der Waals surface area contributed by atoms with Gasteiger partial charge in [0.1, 0.15) is 5.54 Å². The number of carbonyl (C=O) groups is 1. The molecule has 4 heteroatoms. The molecule has 0 heterocycles. The number of nitrogens with two attached hydrogens (primary N) is 2. The molecular formula is C9H16N2O2. The van der Waals surface area contributed by atoms with Crippen molar-refractivity contribution in [3.05, 3.63) is 0 Å². The smallest absolute Gasteiger partial charge is 0.326 e. The summed E-state index contributed by atoms with van der Waals surface area (Å²) in [5.74, 6) is 0.304. The van der Waals surface area contributed by atoms with Crippen LogP contribution in [0.3, 0.4) is 0 Å². The molecule has 0 aromatic heterocycles. The van der Waals surface area contributed by atoms with E-state index in [1.807, 2.05) is 0 Å². The Morgan fingerprint density at radius 2 is 2.23 bits per heavy atom. The van der Waals surface area contributed by atoms with E-state index in [2.05, 4.69) is 4.74 Å². The van der Waals surface area contributed by atoms with Crippen molar-refractivity contribution in [1.29, 1.82) is 0 Å². The van der Waals surface area contributed by atoms with Crippen LogP contribution in [0.15, 0.2) is 0 Å². The molecule has 2 fully saturated rings. The lowest BCUT2D eigenvalue weighted by molar-refractivity contribution is -0.145. The van der Waals surface area contributed by atoms with Crippen molar-refractivity contribution in [3.8, 4) is 0 Å². The number of methoxy groups -OCH3 is 1. The molecule has 1 atom stereocenters. The molecule has 0 aromatic carbocycles. The summed E-state index contributed by atoms with van der Waals surface area (Å²) in [4.78, 5) is 11.3. The van der Waals surface area contributed by atoms with E-state index in [-0.39, 0.29) is 11.4 Å². The Hall–Kier alpha value is -0.610. The van der Waals surface area contributed by atoms with Gasteiger partial charge in [0.05, 0.1) is 7.11 Å². The molecule has 0 amide bonds. The lowest BCUT2D eigenvalue weighted by Crippen LogP contribution is -2.46. The van der Waals surface area contributed by atoms with E-state index in [4.69, 9.17) is 11.5 Å². The molecule has 0 aliphatic heterocycles. The molecule has 2 saturated carbocycles. The first-order chi connectivity index (χ1) is 6.08. The molecular weight excluding hydrogens is 168 g/mol. The van der Waals surface area contributed by atoms with Crippen molar-refractivity contribution in [1.82, 2.24) is 0 Å². The number of hydrogen-bond acceptors (Lipinski definition) is 4. The van der Waals surface area contributed by atoms with Gasteiger partial charge in [0.15, 0.2) is 0 Å². The highest BCUT2D eigenvalue weighted by Gasteiger charge is 2.74. The first-order valence-corrected chi connectivity index (χ1v) is 4.65. The van der Waals surface area contributed by atoms with Crippen LogP contribution >= 0.6 is 0 Å². The van der Waals surface area contributed by atoms with Crippen LogP contribution < -0.4 is 11.5 Å². The molecule has 2 aliphatic carbocycles. The standard InChI is InChI=1S/C9H16N2O2/c1-13-7(12)9(11)5-8(9)2-6(3-8)4-10/h6H,2-5,10-11H2,1H3. The van der Waals surface area contributed by atoms with Crippen LogP contribution in [0.4, 0.5) is 0 Å². The molecule has 4 nitrogen and oxygen atoms in total. The first kappa shape index (κ1) is 8.97. The highest BCUT2D eigenvalue weighted by molar-refractivity contribution is 5.86. The van der Waals surface area contributed by atoms with E-state index in [0.717, 1.165) is 19.3 Å². The molecule has 0 aromatic rings. The predicted molar refractivity (Wildman–Crippen MR) is 47.8 cm³/mol. The van der Waals surface area contributed by atoms with Gasteiger partial charge in [-0.3, -0.25) is 4.79 Å². The summed E-state index contributed by atoms with van der Waals surface area (Å²) in [6.07, 6.45) is 2.77. The van der Waals surface area contributed by atoms with Crippen LogP contribution in [0, 0.1) is 11.3 Å². The fourth-order valence-electron chi connectivity index (χ4n) is 2.68. The van der Waals surface area contributed by atoms with Gasteiger partial charge in [0, 0.05) is 5.41 Å². The van der Waals surface area contributed by atoms with Gasteiger partial charge in [-0.15, -0.1) is 0 Å². The number of hydrogen-bond donors (Lipinski definition) is 2. The summed E-state index contributed by atoms with van der Waals surface area (Å²) >= 11 is 0. The fraction of sp³-hybridized carbons (Fsp3) is 0.889. The summed E-state index contributed by atoms with van der Waals surface area (Å²) in [6.45, 7) is 0.707. The van der Waals surface area contributed by atoms with Crippen molar-refractivity contribution in [2.24, 2.45) is 22.8 Å². The van der Waals surface area contributed by atoms with E-state index in [1.165, 1.54) is 7.11 Å². The summed E-state index contributed by atoms with van der Waals surface area (Å²) in [7, 11) is 1.39. The minimum atomic E-state index is -0.687. The molecule has 4 N–H and O–H groups in total. The maximum absolute atomic E-state index is 11.3.